The summed E-state index contributed by atoms with van der Waals surface area (Å²) in [5, 5.41) is 11.5. The van der Waals surface area contributed by atoms with Crippen LogP contribution in [0.1, 0.15) is 34.3 Å². The van der Waals surface area contributed by atoms with E-state index in [4.69, 9.17) is 10.00 Å². The molecular formula is C22H20F3N3O3. The molecule has 0 saturated carbocycles. The Morgan fingerprint density at radius 1 is 1.19 bits per heavy atom. The molecule has 1 heterocycles. The molecule has 0 aromatic heterocycles. The Labute approximate surface area is 177 Å². The van der Waals surface area contributed by atoms with Gasteiger partial charge in [0, 0.05) is 24.4 Å². The van der Waals surface area contributed by atoms with Gasteiger partial charge in [-0.3, -0.25) is 9.59 Å². The van der Waals surface area contributed by atoms with Gasteiger partial charge in [0.25, 0.3) is 11.8 Å². The summed E-state index contributed by atoms with van der Waals surface area (Å²) in [6, 6.07) is 13.7. The summed E-state index contributed by atoms with van der Waals surface area (Å²) in [5.74, 6) is -1.18. The lowest BCUT2D eigenvalue weighted by molar-refractivity contribution is -0.141. The highest BCUT2D eigenvalue weighted by Gasteiger charge is 2.33. The van der Waals surface area contributed by atoms with E-state index in [-0.39, 0.29) is 18.0 Å². The van der Waals surface area contributed by atoms with E-state index < -0.39 is 24.7 Å². The standard InChI is InChI=1S/C22H20F3N3O3/c23-22(24,25)14-28(13-16-8-6-15(12-26)7-9-16)21(30)17-3-1-4-18(11-17)27-20(29)19-5-2-10-31-19/h1,3-4,6-9,11,19H,2,5,10,13-14H2,(H,27,29). The van der Waals surface area contributed by atoms with E-state index in [1.165, 1.54) is 42.5 Å². The van der Waals surface area contributed by atoms with Crippen LogP contribution in [-0.4, -0.2) is 42.1 Å². The number of halogens is 3. The van der Waals surface area contributed by atoms with Crippen molar-refractivity contribution < 1.29 is 27.5 Å². The third-order valence-corrected chi connectivity index (χ3v) is 4.71. The highest BCUT2D eigenvalue weighted by Crippen LogP contribution is 2.22. The average Bonchev–Trinajstić information content (AvgIpc) is 3.28. The topological polar surface area (TPSA) is 82.4 Å². The van der Waals surface area contributed by atoms with E-state index in [0.29, 0.717) is 34.7 Å². The fourth-order valence-electron chi connectivity index (χ4n) is 3.24. The number of alkyl halides is 3. The molecule has 1 aliphatic rings. The Morgan fingerprint density at radius 2 is 1.94 bits per heavy atom. The number of nitrogens with zero attached hydrogens (tertiary/aromatic N) is 2. The highest BCUT2D eigenvalue weighted by atomic mass is 19.4. The van der Waals surface area contributed by atoms with E-state index in [9.17, 15) is 22.8 Å². The van der Waals surface area contributed by atoms with E-state index >= 15 is 0 Å². The molecule has 2 aromatic carbocycles. The van der Waals surface area contributed by atoms with Crippen LogP contribution in [0.2, 0.25) is 0 Å². The molecular weight excluding hydrogens is 411 g/mol. The summed E-state index contributed by atoms with van der Waals surface area (Å²) in [5.41, 5.74) is 1.14. The molecule has 1 atom stereocenters. The van der Waals surface area contributed by atoms with Crippen molar-refractivity contribution in [1.29, 1.82) is 5.26 Å². The van der Waals surface area contributed by atoms with E-state index in [1.807, 2.05) is 6.07 Å². The predicted molar refractivity (Wildman–Crippen MR) is 106 cm³/mol. The number of ether oxygens (including phenoxy) is 1. The van der Waals surface area contributed by atoms with E-state index in [0.717, 1.165) is 6.42 Å². The molecule has 31 heavy (non-hydrogen) atoms. The number of benzene rings is 2. The zero-order chi connectivity index (χ0) is 22.4. The first-order chi connectivity index (χ1) is 14.7. The van der Waals surface area contributed by atoms with Crippen LogP contribution in [0, 0.1) is 11.3 Å². The van der Waals surface area contributed by atoms with Gasteiger partial charge in [0.1, 0.15) is 12.6 Å². The normalized spacial score (nSPS) is 15.9. The van der Waals surface area contributed by atoms with Gasteiger partial charge in [0.15, 0.2) is 0 Å². The summed E-state index contributed by atoms with van der Waals surface area (Å²) >= 11 is 0. The van der Waals surface area contributed by atoms with Crippen LogP contribution in [0.5, 0.6) is 0 Å². The quantitative estimate of drug-likeness (QED) is 0.753. The van der Waals surface area contributed by atoms with Gasteiger partial charge in [-0.15, -0.1) is 0 Å². The van der Waals surface area contributed by atoms with Gasteiger partial charge >= 0.3 is 6.18 Å². The molecule has 6 nitrogen and oxygen atoms in total. The van der Waals surface area contributed by atoms with E-state index in [1.54, 1.807) is 6.07 Å². The molecule has 1 saturated heterocycles. The number of carbonyl (C=O) groups excluding carboxylic acids is 2. The zero-order valence-electron chi connectivity index (χ0n) is 16.5. The maximum Gasteiger partial charge on any atom is 0.406 e. The Bertz CT molecular complexity index is 978. The first-order valence-corrected chi connectivity index (χ1v) is 9.63. The lowest BCUT2D eigenvalue weighted by Gasteiger charge is -2.24. The lowest BCUT2D eigenvalue weighted by Crippen LogP contribution is -2.38. The second-order valence-corrected chi connectivity index (χ2v) is 7.16. The minimum absolute atomic E-state index is 0.0167. The molecule has 0 bridgehead atoms. The first-order valence-electron chi connectivity index (χ1n) is 9.63. The molecule has 3 rings (SSSR count). The van der Waals surface area contributed by atoms with Crippen LogP contribution in [0.15, 0.2) is 48.5 Å². The number of anilines is 1. The molecule has 1 fully saturated rings. The zero-order valence-corrected chi connectivity index (χ0v) is 16.5. The number of hydrogen-bond acceptors (Lipinski definition) is 4. The van der Waals surface area contributed by atoms with Gasteiger partial charge < -0.3 is 15.0 Å². The van der Waals surface area contributed by atoms with Gasteiger partial charge in [0.2, 0.25) is 0 Å². The molecule has 2 amide bonds. The fourth-order valence-corrected chi connectivity index (χ4v) is 3.24. The third kappa shape index (κ3) is 6.30. The molecule has 0 aliphatic carbocycles. The highest BCUT2D eigenvalue weighted by molar-refractivity contribution is 5.98. The molecule has 1 aliphatic heterocycles. The fraction of sp³-hybridized carbons (Fsp3) is 0.318. The molecule has 0 radical (unpaired) electrons. The monoisotopic (exact) mass is 431 g/mol. The van der Waals surface area contributed by atoms with Gasteiger partial charge in [-0.2, -0.15) is 18.4 Å². The third-order valence-electron chi connectivity index (χ3n) is 4.71. The maximum absolute atomic E-state index is 13.1. The van der Waals surface area contributed by atoms with Gasteiger partial charge in [0.05, 0.1) is 11.6 Å². The molecule has 1 N–H and O–H groups in total. The summed E-state index contributed by atoms with van der Waals surface area (Å²) in [7, 11) is 0. The smallest absolute Gasteiger partial charge is 0.368 e. The number of hydrogen-bond donors (Lipinski definition) is 1. The number of nitriles is 1. The van der Waals surface area contributed by atoms with Crippen molar-refractivity contribution >= 4 is 17.5 Å². The minimum atomic E-state index is -4.59. The molecule has 0 spiro atoms. The minimum Gasteiger partial charge on any atom is -0.368 e. The largest absolute Gasteiger partial charge is 0.406 e. The van der Waals surface area contributed by atoms with Crippen LogP contribution in [-0.2, 0) is 16.1 Å². The SMILES string of the molecule is N#Cc1ccc(CN(CC(F)(F)F)C(=O)c2cccc(NC(=O)C3CCCO3)c2)cc1. The van der Waals surface area contributed by atoms with Crippen LogP contribution in [0.3, 0.4) is 0 Å². The van der Waals surface area contributed by atoms with E-state index in [2.05, 4.69) is 5.32 Å². The second kappa shape index (κ2) is 9.62. The Balaban J connectivity index is 1.77. The van der Waals surface area contributed by atoms with Crippen LogP contribution >= 0.6 is 0 Å². The molecule has 162 valence electrons. The van der Waals surface area contributed by atoms with Crippen molar-refractivity contribution in [2.75, 3.05) is 18.5 Å². The number of amides is 2. The maximum atomic E-state index is 13.1. The van der Waals surface area contributed by atoms with Crippen molar-refractivity contribution in [2.24, 2.45) is 0 Å². The molecule has 2 aromatic rings. The van der Waals surface area contributed by atoms with Gasteiger partial charge in [-0.25, -0.2) is 0 Å². The van der Waals surface area contributed by atoms with Gasteiger partial charge in [-0.05, 0) is 48.7 Å². The Morgan fingerprint density at radius 3 is 2.55 bits per heavy atom. The van der Waals surface area contributed by atoms with Crippen LogP contribution in [0.4, 0.5) is 18.9 Å². The van der Waals surface area contributed by atoms with Crippen molar-refractivity contribution in [1.82, 2.24) is 4.90 Å². The van der Waals surface area contributed by atoms with Crippen molar-refractivity contribution in [3.05, 3.63) is 65.2 Å². The summed E-state index contributed by atoms with van der Waals surface area (Å²) in [4.78, 5) is 25.8. The summed E-state index contributed by atoms with van der Waals surface area (Å²) in [6.45, 7) is -1.22. The Hall–Kier alpha value is -3.38. The predicted octanol–water partition coefficient (Wildman–Crippen LogP) is 3.88. The summed E-state index contributed by atoms with van der Waals surface area (Å²) in [6.07, 6.45) is -3.79. The summed E-state index contributed by atoms with van der Waals surface area (Å²) < 4.78 is 44.7. The average molecular weight is 431 g/mol. The van der Waals surface area contributed by atoms with Crippen molar-refractivity contribution in [3.8, 4) is 6.07 Å². The number of nitrogens with one attached hydrogen (secondary N) is 1. The molecule has 1 unspecified atom stereocenters. The number of rotatable bonds is 6. The van der Waals surface area contributed by atoms with Crippen molar-refractivity contribution in [3.63, 3.8) is 0 Å². The van der Waals surface area contributed by atoms with Crippen LogP contribution in [0.25, 0.3) is 0 Å². The van der Waals surface area contributed by atoms with Crippen molar-refractivity contribution in [2.45, 2.75) is 31.7 Å². The van der Waals surface area contributed by atoms with Crippen LogP contribution < -0.4 is 5.32 Å². The second-order valence-electron chi connectivity index (χ2n) is 7.16. The van der Waals surface area contributed by atoms with Gasteiger partial charge in [-0.1, -0.05) is 18.2 Å². The lowest BCUT2D eigenvalue weighted by atomic mass is 10.1. The molecule has 9 heteroatoms. The first kappa shape index (κ1) is 22.3. The Kier molecular flexibility index (Phi) is 6.92. The number of carbonyl (C=O) groups is 2.